The van der Waals surface area contributed by atoms with Crippen LogP contribution in [0.5, 0.6) is 5.75 Å². The maximum Gasteiger partial charge on any atom is 0.257 e. The van der Waals surface area contributed by atoms with E-state index in [4.69, 9.17) is 0 Å². The summed E-state index contributed by atoms with van der Waals surface area (Å²) in [6.07, 6.45) is 7.66. The first-order chi connectivity index (χ1) is 16.5. The van der Waals surface area contributed by atoms with Crippen LogP contribution in [0.25, 0.3) is 16.7 Å². The molecule has 0 radical (unpaired) electrons. The predicted octanol–water partition coefficient (Wildman–Crippen LogP) is 3.85. The molecule has 2 aromatic heterocycles. The van der Waals surface area contributed by atoms with Gasteiger partial charge in [0.15, 0.2) is 6.39 Å². The van der Waals surface area contributed by atoms with Crippen molar-refractivity contribution in [1.82, 2.24) is 24.9 Å². The predicted molar refractivity (Wildman–Crippen MR) is 123 cm³/mol. The van der Waals surface area contributed by atoms with Crippen LogP contribution >= 0.6 is 0 Å². The largest absolute Gasteiger partial charge is 0.505 e. The summed E-state index contributed by atoms with van der Waals surface area (Å²) in [5, 5.41) is 19.8. The highest BCUT2D eigenvalue weighted by atomic mass is 16.3. The number of hydrogen-bond acceptors (Lipinski definition) is 7. The standard InChI is InChI=1S/C22H20N4O3.C3H3NO/c1-13-10-14(12-25-21(28)15-6-2-3-7-16(15)22(25)29)20(27)19(11-13)26-23-17-8-4-5-9-18(17)24-26;1-2-5-3-4-1/h4-5,8-11,27H,2-3,6-7,12H2,1H3;1-3H. The minimum absolute atomic E-state index is 0.0265. The number of aryl methyl sites for hydroxylation is 1. The van der Waals surface area contributed by atoms with Crippen molar-refractivity contribution in [3.05, 3.63) is 77.5 Å². The van der Waals surface area contributed by atoms with Gasteiger partial charge in [0.1, 0.15) is 28.7 Å². The lowest BCUT2D eigenvalue weighted by atomic mass is 9.93. The molecular formula is C25H23N5O4. The second kappa shape index (κ2) is 8.93. The summed E-state index contributed by atoms with van der Waals surface area (Å²) in [6.45, 7) is 1.93. The van der Waals surface area contributed by atoms with Crippen molar-refractivity contribution < 1.29 is 19.1 Å². The molecule has 0 fully saturated rings. The van der Waals surface area contributed by atoms with E-state index in [2.05, 4.69) is 19.6 Å². The van der Waals surface area contributed by atoms with Crippen molar-refractivity contribution >= 4 is 22.8 Å². The van der Waals surface area contributed by atoms with Crippen LogP contribution in [-0.2, 0) is 16.1 Å². The Morgan fingerprint density at radius 1 is 1.00 bits per heavy atom. The highest BCUT2D eigenvalue weighted by molar-refractivity contribution is 6.19. The van der Waals surface area contributed by atoms with E-state index in [9.17, 15) is 14.7 Å². The van der Waals surface area contributed by atoms with Crippen molar-refractivity contribution in [2.75, 3.05) is 0 Å². The van der Waals surface area contributed by atoms with E-state index in [0.717, 1.165) is 29.4 Å². The van der Waals surface area contributed by atoms with Crippen LogP contribution in [0.4, 0.5) is 0 Å². The minimum atomic E-state index is -0.227. The first kappa shape index (κ1) is 21.6. The van der Waals surface area contributed by atoms with Gasteiger partial charge in [-0.25, -0.2) is 4.98 Å². The molecule has 2 aliphatic rings. The van der Waals surface area contributed by atoms with Crippen LogP contribution in [-0.4, -0.2) is 41.8 Å². The molecule has 0 atom stereocenters. The minimum Gasteiger partial charge on any atom is -0.505 e. The Hall–Kier alpha value is -4.27. The topological polar surface area (TPSA) is 114 Å². The molecule has 6 rings (SSSR count). The Morgan fingerprint density at radius 2 is 1.65 bits per heavy atom. The number of carbonyl (C=O) groups excluding carboxylic acids is 2. The number of phenols is 1. The van der Waals surface area contributed by atoms with Crippen LogP contribution in [0.15, 0.2) is 70.8 Å². The highest BCUT2D eigenvalue weighted by Gasteiger charge is 2.39. The van der Waals surface area contributed by atoms with E-state index in [1.807, 2.05) is 31.2 Å². The summed E-state index contributed by atoms with van der Waals surface area (Å²) in [4.78, 5) is 31.7. The summed E-state index contributed by atoms with van der Waals surface area (Å²) >= 11 is 0. The van der Waals surface area contributed by atoms with E-state index < -0.39 is 0 Å². The number of carbonyl (C=O) groups is 2. The Kier molecular flexibility index (Phi) is 5.67. The average Bonchev–Trinajstić information content (AvgIpc) is 3.60. The van der Waals surface area contributed by atoms with Crippen molar-refractivity contribution in [1.29, 1.82) is 0 Å². The maximum atomic E-state index is 12.8. The van der Waals surface area contributed by atoms with Gasteiger partial charge in [0.2, 0.25) is 0 Å². The Bertz CT molecular complexity index is 1330. The number of phenolic OH excluding ortho intramolecular Hbond substituents is 1. The van der Waals surface area contributed by atoms with Crippen LogP contribution in [0.3, 0.4) is 0 Å². The number of rotatable bonds is 3. The van der Waals surface area contributed by atoms with Gasteiger partial charge < -0.3 is 9.52 Å². The second-order valence-corrected chi connectivity index (χ2v) is 8.31. The molecule has 1 aliphatic heterocycles. The highest BCUT2D eigenvalue weighted by Crippen LogP contribution is 2.36. The molecular weight excluding hydrogens is 434 g/mol. The molecule has 1 aliphatic carbocycles. The van der Waals surface area contributed by atoms with Gasteiger partial charge in [-0.1, -0.05) is 18.2 Å². The number of aromatic hydroxyl groups is 1. The molecule has 34 heavy (non-hydrogen) atoms. The number of aromatic nitrogens is 4. The Morgan fingerprint density at radius 3 is 2.18 bits per heavy atom. The number of imide groups is 1. The molecule has 9 heteroatoms. The first-order valence-electron chi connectivity index (χ1n) is 11.1. The van der Waals surface area contributed by atoms with Crippen LogP contribution in [0, 0.1) is 6.92 Å². The number of fused-ring (bicyclic) bond motifs is 1. The summed E-state index contributed by atoms with van der Waals surface area (Å²) < 4.78 is 4.47. The fourth-order valence-corrected chi connectivity index (χ4v) is 4.36. The molecule has 0 unspecified atom stereocenters. The number of benzene rings is 2. The molecule has 0 saturated carbocycles. The van der Waals surface area contributed by atoms with E-state index in [0.29, 0.717) is 35.2 Å². The fraction of sp³-hybridized carbons (Fsp3) is 0.240. The van der Waals surface area contributed by atoms with Crippen molar-refractivity contribution in [2.45, 2.75) is 39.2 Å². The number of hydrogen-bond donors (Lipinski definition) is 1. The smallest absolute Gasteiger partial charge is 0.257 e. The summed E-state index contributed by atoms with van der Waals surface area (Å²) in [7, 11) is 0. The summed E-state index contributed by atoms with van der Waals surface area (Å²) in [6, 6.07) is 11.0. The van der Waals surface area contributed by atoms with E-state index in [-0.39, 0.29) is 24.1 Å². The molecule has 0 saturated heterocycles. The number of oxazole rings is 1. The normalized spacial score (nSPS) is 15.5. The van der Waals surface area contributed by atoms with Gasteiger partial charge in [-0.05, 0) is 56.4 Å². The van der Waals surface area contributed by atoms with Gasteiger partial charge in [-0.3, -0.25) is 14.5 Å². The van der Waals surface area contributed by atoms with Gasteiger partial charge in [0, 0.05) is 16.7 Å². The lowest BCUT2D eigenvalue weighted by molar-refractivity contribution is -0.138. The molecule has 0 bridgehead atoms. The SMILES string of the molecule is Cc1cc(CN2C(=O)C3=C(CCCC3)C2=O)c(O)c(-n2nc3ccccc3n2)c1.c1cocn1. The fourth-order valence-electron chi connectivity index (χ4n) is 4.36. The Balaban J connectivity index is 0.000000429. The van der Waals surface area contributed by atoms with Crippen molar-refractivity contribution in [3.63, 3.8) is 0 Å². The quantitative estimate of drug-likeness (QED) is 0.465. The summed E-state index contributed by atoms with van der Waals surface area (Å²) in [5.41, 5.74) is 4.54. The van der Waals surface area contributed by atoms with Gasteiger partial charge in [0.05, 0.1) is 12.7 Å². The number of amides is 2. The lowest BCUT2D eigenvalue weighted by Gasteiger charge is -2.18. The third kappa shape index (κ3) is 3.96. The van der Waals surface area contributed by atoms with E-state index in [1.165, 1.54) is 22.4 Å². The van der Waals surface area contributed by atoms with Crippen LogP contribution in [0.2, 0.25) is 0 Å². The lowest BCUT2D eigenvalue weighted by Crippen LogP contribution is -2.31. The second-order valence-electron chi connectivity index (χ2n) is 8.31. The van der Waals surface area contributed by atoms with Gasteiger partial charge >= 0.3 is 0 Å². The molecule has 9 nitrogen and oxygen atoms in total. The third-order valence-corrected chi connectivity index (χ3v) is 5.97. The van der Waals surface area contributed by atoms with Gasteiger partial charge in [0.25, 0.3) is 11.8 Å². The molecule has 2 aromatic carbocycles. The zero-order chi connectivity index (χ0) is 23.7. The molecule has 4 aromatic rings. The monoisotopic (exact) mass is 457 g/mol. The van der Waals surface area contributed by atoms with Gasteiger partial charge in [-0.2, -0.15) is 0 Å². The average molecular weight is 457 g/mol. The zero-order valence-corrected chi connectivity index (χ0v) is 18.6. The van der Waals surface area contributed by atoms with Crippen molar-refractivity contribution in [2.24, 2.45) is 0 Å². The summed E-state index contributed by atoms with van der Waals surface area (Å²) in [5.74, 6) is -0.480. The molecule has 1 N–H and O–H groups in total. The van der Waals surface area contributed by atoms with E-state index >= 15 is 0 Å². The van der Waals surface area contributed by atoms with Crippen LogP contribution < -0.4 is 0 Å². The van der Waals surface area contributed by atoms with E-state index in [1.54, 1.807) is 18.3 Å². The van der Waals surface area contributed by atoms with Gasteiger partial charge in [-0.15, -0.1) is 15.0 Å². The first-order valence-corrected chi connectivity index (χ1v) is 11.1. The zero-order valence-electron chi connectivity index (χ0n) is 18.6. The molecule has 0 spiro atoms. The Labute approximate surface area is 195 Å². The maximum absolute atomic E-state index is 12.8. The number of nitrogens with zero attached hydrogens (tertiary/aromatic N) is 5. The third-order valence-electron chi connectivity index (χ3n) is 5.97. The van der Waals surface area contributed by atoms with Crippen molar-refractivity contribution in [3.8, 4) is 11.4 Å². The molecule has 3 heterocycles. The van der Waals surface area contributed by atoms with Crippen LogP contribution in [0.1, 0.15) is 36.8 Å². The molecule has 2 amide bonds. The molecule has 172 valence electrons.